The number of H-pyrrole nitrogens is 1. The maximum Gasteiger partial charge on any atom is 0.220 e. The van der Waals surface area contributed by atoms with Crippen LogP contribution >= 0.6 is 0 Å². The van der Waals surface area contributed by atoms with E-state index in [0.29, 0.717) is 25.5 Å². The van der Waals surface area contributed by atoms with Crippen molar-refractivity contribution in [3.63, 3.8) is 0 Å². The van der Waals surface area contributed by atoms with Crippen molar-refractivity contribution in [3.8, 4) is 5.75 Å². The van der Waals surface area contributed by atoms with Crippen LogP contribution < -0.4 is 10.1 Å². The van der Waals surface area contributed by atoms with Crippen LogP contribution in [0.1, 0.15) is 18.7 Å². The maximum atomic E-state index is 11.9. The molecule has 1 aromatic carbocycles. The van der Waals surface area contributed by atoms with Gasteiger partial charge in [-0.1, -0.05) is 0 Å². The lowest BCUT2D eigenvalue weighted by Crippen LogP contribution is -2.25. The highest BCUT2D eigenvalue weighted by Crippen LogP contribution is 2.19. The molecule has 2 N–H and O–H groups in total. The quantitative estimate of drug-likeness (QED) is 0.877. The lowest BCUT2D eigenvalue weighted by atomic mass is 10.1. The fourth-order valence-electron chi connectivity index (χ4n) is 2.51. The lowest BCUT2D eigenvalue weighted by Gasteiger charge is -2.07. The van der Waals surface area contributed by atoms with Crippen molar-refractivity contribution < 1.29 is 14.3 Å². The van der Waals surface area contributed by atoms with Crippen LogP contribution in [0.5, 0.6) is 5.75 Å². The molecule has 1 aromatic heterocycles. The Morgan fingerprint density at radius 1 is 1.57 bits per heavy atom. The number of ether oxygens (including phenoxy) is 2. The highest BCUT2D eigenvalue weighted by molar-refractivity contribution is 5.78. The smallest absolute Gasteiger partial charge is 0.220 e. The van der Waals surface area contributed by atoms with E-state index in [9.17, 15) is 4.79 Å². The van der Waals surface area contributed by atoms with Gasteiger partial charge in [0.1, 0.15) is 11.6 Å². The Morgan fingerprint density at radius 2 is 2.48 bits per heavy atom. The zero-order valence-corrected chi connectivity index (χ0v) is 12.0. The number of rotatable bonds is 5. The summed E-state index contributed by atoms with van der Waals surface area (Å²) < 4.78 is 10.4. The minimum atomic E-state index is 0.0449. The van der Waals surface area contributed by atoms with Crippen molar-refractivity contribution in [1.29, 1.82) is 0 Å². The molecule has 6 heteroatoms. The van der Waals surface area contributed by atoms with Crippen LogP contribution in [-0.4, -0.2) is 36.2 Å². The van der Waals surface area contributed by atoms with Gasteiger partial charge in [0.2, 0.25) is 5.91 Å². The average molecular weight is 289 g/mol. The standard InChI is InChI=1S/C15H19N3O3/c1-20-11-2-3-12-13(7-11)18-14(17-12)8-16-15(19)6-10-4-5-21-9-10/h2-3,7,10H,4-6,8-9H2,1H3,(H,16,19)(H,17,18). The molecule has 1 aliphatic rings. The Balaban J connectivity index is 1.58. The van der Waals surface area contributed by atoms with Gasteiger partial charge in [0.15, 0.2) is 0 Å². The number of hydrogen-bond acceptors (Lipinski definition) is 4. The molecule has 2 heterocycles. The molecule has 0 aliphatic carbocycles. The molecule has 6 nitrogen and oxygen atoms in total. The average Bonchev–Trinajstić information content (AvgIpc) is 3.12. The second-order valence-electron chi connectivity index (χ2n) is 5.28. The molecule has 0 bridgehead atoms. The van der Waals surface area contributed by atoms with Gasteiger partial charge in [-0.25, -0.2) is 4.98 Å². The molecule has 1 saturated heterocycles. The second kappa shape index (κ2) is 6.13. The Morgan fingerprint density at radius 3 is 3.24 bits per heavy atom. The molecular formula is C15H19N3O3. The molecule has 1 atom stereocenters. The summed E-state index contributed by atoms with van der Waals surface area (Å²) in [6.45, 7) is 1.87. The molecule has 0 spiro atoms. The largest absolute Gasteiger partial charge is 0.497 e. The monoisotopic (exact) mass is 289 g/mol. The highest BCUT2D eigenvalue weighted by Gasteiger charge is 2.19. The number of nitrogens with zero attached hydrogens (tertiary/aromatic N) is 1. The van der Waals surface area contributed by atoms with Gasteiger partial charge in [-0.2, -0.15) is 0 Å². The zero-order chi connectivity index (χ0) is 14.7. The van der Waals surface area contributed by atoms with Crippen molar-refractivity contribution in [2.45, 2.75) is 19.4 Å². The Kier molecular flexibility index (Phi) is 4.06. The third kappa shape index (κ3) is 3.33. The number of carbonyl (C=O) groups is 1. The first-order valence-corrected chi connectivity index (χ1v) is 7.11. The summed E-state index contributed by atoms with van der Waals surface area (Å²) in [5, 5.41) is 2.90. The molecule has 112 valence electrons. The maximum absolute atomic E-state index is 11.9. The topological polar surface area (TPSA) is 76.2 Å². The lowest BCUT2D eigenvalue weighted by molar-refractivity contribution is -0.122. The second-order valence-corrected chi connectivity index (χ2v) is 5.28. The first-order valence-electron chi connectivity index (χ1n) is 7.11. The summed E-state index contributed by atoms with van der Waals surface area (Å²) in [4.78, 5) is 19.5. The highest BCUT2D eigenvalue weighted by atomic mass is 16.5. The number of hydrogen-bond donors (Lipinski definition) is 2. The number of fused-ring (bicyclic) bond motifs is 1. The molecule has 1 aliphatic heterocycles. The van der Waals surface area contributed by atoms with Crippen LogP contribution in [0.4, 0.5) is 0 Å². The summed E-state index contributed by atoms with van der Waals surface area (Å²) in [7, 11) is 1.63. The minimum Gasteiger partial charge on any atom is -0.497 e. The summed E-state index contributed by atoms with van der Waals surface area (Å²) >= 11 is 0. The fraction of sp³-hybridized carbons (Fsp3) is 0.467. The molecule has 1 fully saturated rings. The molecule has 1 amide bonds. The van der Waals surface area contributed by atoms with E-state index >= 15 is 0 Å². The molecule has 2 aromatic rings. The van der Waals surface area contributed by atoms with Crippen LogP contribution in [-0.2, 0) is 16.1 Å². The third-order valence-corrected chi connectivity index (χ3v) is 3.69. The van der Waals surface area contributed by atoms with Crippen molar-refractivity contribution in [2.75, 3.05) is 20.3 Å². The van der Waals surface area contributed by atoms with E-state index in [1.165, 1.54) is 0 Å². The molecule has 1 unspecified atom stereocenters. The normalized spacial score (nSPS) is 18.0. The number of aromatic amines is 1. The van der Waals surface area contributed by atoms with Crippen LogP contribution in [0.15, 0.2) is 18.2 Å². The van der Waals surface area contributed by atoms with Gasteiger partial charge in [-0.15, -0.1) is 0 Å². The predicted octanol–water partition coefficient (Wildman–Crippen LogP) is 1.61. The molecule has 0 saturated carbocycles. The number of methoxy groups -OCH3 is 1. The van der Waals surface area contributed by atoms with Gasteiger partial charge < -0.3 is 19.8 Å². The van der Waals surface area contributed by atoms with E-state index < -0.39 is 0 Å². The van der Waals surface area contributed by atoms with E-state index in [4.69, 9.17) is 9.47 Å². The van der Waals surface area contributed by atoms with Gasteiger partial charge in [-0.3, -0.25) is 4.79 Å². The Labute approximate surface area is 122 Å². The summed E-state index contributed by atoms with van der Waals surface area (Å²) in [5.41, 5.74) is 1.77. The molecule has 0 radical (unpaired) electrons. The Hall–Kier alpha value is -2.08. The van der Waals surface area contributed by atoms with E-state index in [0.717, 1.165) is 35.6 Å². The molecule has 3 rings (SSSR count). The first-order chi connectivity index (χ1) is 10.2. The number of aromatic nitrogens is 2. The van der Waals surface area contributed by atoms with Crippen LogP contribution in [0.25, 0.3) is 11.0 Å². The van der Waals surface area contributed by atoms with E-state index in [2.05, 4.69) is 15.3 Å². The number of imidazole rings is 1. The first kappa shape index (κ1) is 13.9. The van der Waals surface area contributed by atoms with E-state index in [1.807, 2.05) is 18.2 Å². The van der Waals surface area contributed by atoms with E-state index in [1.54, 1.807) is 7.11 Å². The van der Waals surface area contributed by atoms with Gasteiger partial charge in [0, 0.05) is 25.7 Å². The summed E-state index contributed by atoms with van der Waals surface area (Å²) in [5.74, 6) is 1.92. The van der Waals surface area contributed by atoms with Crippen molar-refractivity contribution in [2.24, 2.45) is 5.92 Å². The van der Waals surface area contributed by atoms with Gasteiger partial charge >= 0.3 is 0 Å². The predicted molar refractivity (Wildman–Crippen MR) is 78.0 cm³/mol. The van der Waals surface area contributed by atoms with Crippen molar-refractivity contribution >= 4 is 16.9 Å². The van der Waals surface area contributed by atoms with Crippen LogP contribution in [0, 0.1) is 5.92 Å². The summed E-state index contributed by atoms with van der Waals surface area (Å²) in [6, 6.07) is 5.65. The van der Waals surface area contributed by atoms with Crippen molar-refractivity contribution in [1.82, 2.24) is 15.3 Å². The van der Waals surface area contributed by atoms with Crippen molar-refractivity contribution in [3.05, 3.63) is 24.0 Å². The van der Waals surface area contributed by atoms with Gasteiger partial charge in [0.25, 0.3) is 0 Å². The van der Waals surface area contributed by atoms with Crippen LogP contribution in [0.2, 0.25) is 0 Å². The Bertz CT molecular complexity index is 632. The van der Waals surface area contributed by atoms with Gasteiger partial charge in [0.05, 0.1) is 24.7 Å². The minimum absolute atomic E-state index is 0.0449. The molecule has 21 heavy (non-hydrogen) atoms. The number of nitrogens with one attached hydrogen (secondary N) is 2. The summed E-state index contributed by atoms with van der Waals surface area (Å²) in [6.07, 6.45) is 1.49. The number of carbonyl (C=O) groups excluding carboxylic acids is 1. The van der Waals surface area contributed by atoms with Crippen LogP contribution in [0.3, 0.4) is 0 Å². The van der Waals surface area contributed by atoms with Gasteiger partial charge in [-0.05, 0) is 24.5 Å². The number of benzene rings is 1. The zero-order valence-electron chi connectivity index (χ0n) is 12.0. The fourth-order valence-corrected chi connectivity index (χ4v) is 2.51. The SMILES string of the molecule is COc1ccc2nc(CNC(=O)CC3CCOC3)[nH]c2c1. The number of amides is 1. The van der Waals surface area contributed by atoms with E-state index in [-0.39, 0.29) is 5.91 Å². The third-order valence-electron chi connectivity index (χ3n) is 3.69. The molecular weight excluding hydrogens is 270 g/mol.